The predicted octanol–water partition coefficient (Wildman–Crippen LogP) is 4.21. The Morgan fingerprint density at radius 3 is 2.58 bits per heavy atom. The number of piperidine rings is 1. The highest BCUT2D eigenvalue weighted by molar-refractivity contribution is 6.04. The Morgan fingerprint density at radius 2 is 1.92 bits per heavy atom. The van der Waals surface area contributed by atoms with E-state index in [0.717, 1.165) is 23.5 Å². The highest BCUT2D eigenvalue weighted by Crippen LogP contribution is 2.31. The van der Waals surface area contributed by atoms with E-state index in [1.165, 1.54) is 19.3 Å². The summed E-state index contributed by atoms with van der Waals surface area (Å²) in [6.45, 7) is 5.29. The molecule has 3 rings (SSSR count). The SMILES string of the molecule is Cc1ccc(C(=O)Nc2ccc(N3CCCC[C@@H]3C)c(N)c2)cc1. The van der Waals surface area contributed by atoms with Gasteiger partial charge in [-0.05, 0) is 63.4 Å². The molecule has 126 valence electrons. The summed E-state index contributed by atoms with van der Waals surface area (Å²) in [7, 11) is 0. The Morgan fingerprint density at radius 1 is 1.17 bits per heavy atom. The molecule has 1 saturated heterocycles. The van der Waals surface area contributed by atoms with Gasteiger partial charge in [-0.1, -0.05) is 17.7 Å². The second-order valence-corrected chi connectivity index (χ2v) is 6.63. The summed E-state index contributed by atoms with van der Waals surface area (Å²) in [5.74, 6) is -0.117. The van der Waals surface area contributed by atoms with Gasteiger partial charge in [0.2, 0.25) is 0 Å². The molecule has 3 N–H and O–H groups in total. The Kier molecular flexibility index (Phi) is 4.74. The lowest BCUT2D eigenvalue weighted by atomic mass is 10.0. The number of nitrogens with one attached hydrogen (secondary N) is 1. The second-order valence-electron chi connectivity index (χ2n) is 6.63. The molecule has 1 atom stereocenters. The van der Waals surface area contributed by atoms with E-state index in [-0.39, 0.29) is 5.91 Å². The van der Waals surface area contributed by atoms with Crippen molar-refractivity contribution in [2.75, 3.05) is 22.5 Å². The van der Waals surface area contributed by atoms with E-state index in [1.807, 2.05) is 49.4 Å². The molecule has 0 radical (unpaired) electrons. The van der Waals surface area contributed by atoms with Crippen LogP contribution in [0.2, 0.25) is 0 Å². The topological polar surface area (TPSA) is 58.4 Å². The van der Waals surface area contributed by atoms with Crippen molar-refractivity contribution in [3.8, 4) is 0 Å². The third-order valence-corrected chi connectivity index (χ3v) is 4.71. The molecule has 1 aliphatic heterocycles. The largest absolute Gasteiger partial charge is 0.397 e. The standard InChI is InChI=1S/C20H25N3O/c1-14-6-8-16(9-7-14)20(24)22-17-10-11-19(18(21)13-17)23-12-4-3-5-15(23)2/h6-11,13,15H,3-5,12,21H2,1-2H3,(H,22,24)/t15-/m0/s1. The van der Waals surface area contributed by atoms with Crippen molar-refractivity contribution >= 4 is 23.0 Å². The molecule has 0 unspecified atom stereocenters. The van der Waals surface area contributed by atoms with Crippen molar-refractivity contribution in [2.24, 2.45) is 0 Å². The number of nitrogens with zero attached hydrogens (tertiary/aromatic N) is 1. The lowest BCUT2D eigenvalue weighted by Gasteiger charge is -2.36. The number of carbonyl (C=O) groups is 1. The number of benzene rings is 2. The Balaban J connectivity index is 1.74. The molecule has 1 fully saturated rings. The van der Waals surface area contributed by atoms with Crippen LogP contribution in [0.4, 0.5) is 17.1 Å². The highest BCUT2D eigenvalue weighted by Gasteiger charge is 2.20. The third-order valence-electron chi connectivity index (χ3n) is 4.71. The highest BCUT2D eigenvalue weighted by atomic mass is 16.1. The van der Waals surface area contributed by atoms with E-state index in [9.17, 15) is 4.79 Å². The summed E-state index contributed by atoms with van der Waals surface area (Å²) in [4.78, 5) is 14.7. The van der Waals surface area contributed by atoms with Gasteiger partial charge in [0.1, 0.15) is 0 Å². The van der Waals surface area contributed by atoms with Gasteiger partial charge in [0.25, 0.3) is 5.91 Å². The van der Waals surface area contributed by atoms with Gasteiger partial charge in [0.05, 0.1) is 11.4 Å². The van der Waals surface area contributed by atoms with E-state index in [0.29, 0.717) is 17.3 Å². The molecular formula is C20H25N3O. The predicted molar refractivity (Wildman–Crippen MR) is 101 cm³/mol. The number of nitrogen functional groups attached to an aromatic ring is 1. The smallest absolute Gasteiger partial charge is 0.255 e. The van der Waals surface area contributed by atoms with Crippen molar-refractivity contribution in [1.82, 2.24) is 0 Å². The van der Waals surface area contributed by atoms with E-state index < -0.39 is 0 Å². The summed E-state index contributed by atoms with van der Waals surface area (Å²) in [5, 5.41) is 2.92. The minimum absolute atomic E-state index is 0.117. The zero-order valence-electron chi connectivity index (χ0n) is 14.4. The number of hydrogen-bond donors (Lipinski definition) is 2. The molecule has 4 heteroatoms. The first-order chi connectivity index (χ1) is 11.5. The Hall–Kier alpha value is -2.49. The molecule has 0 aliphatic carbocycles. The fraction of sp³-hybridized carbons (Fsp3) is 0.350. The summed E-state index contributed by atoms with van der Waals surface area (Å²) in [6.07, 6.45) is 3.68. The third kappa shape index (κ3) is 3.53. The van der Waals surface area contributed by atoms with Gasteiger partial charge in [-0.3, -0.25) is 4.79 Å². The number of aryl methyl sites for hydroxylation is 1. The lowest BCUT2D eigenvalue weighted by Crippen LogP contribution is -2.37. The van der Waals surface area contributed by atoms with Crippen LogP contribution in [0.1, 0.15) is 42.1 Å². The van der Waals surface area contributed by atoms with Crippen LogP contribution in [-0.4, -0.2) is 18.5 Å². The molecule has 0 spiro atoms. The van der Waals surface area contributed by atoms with Gasteiger partial charge in [0, 0.05) is 23.8 Å². The molecule has 4 nitrogen and oxygen atoms in total. The lowest BCUT2D eigenvalue weighted by molar-refractivity contribution is 0.102. The van der Waals surface area contributed by atoms with E-state index in [4.69, 9.17) is 5.73 Å². The molecule has 2 aromatic rings. The minimum atomic E-state index is -0.117. The zero-order chi connectivity index (χ0) is 17.1. The monoisotopic (exact) mass is 323 g/mol. The molecule has 0 aromatic heterocycles. The molecule has 2 aromatic carbocycles. The number of anilines is 3. The molecule has 24 heavy (non-hydrogen) atoms. The number of rotatable bonds is 3. The van der Waals surface area contributed by atoms with Crippen LogP contribution in [-0.2, 0) is 0 Å². The van der Waals surface area contributed by atoms with Crippen molar-refractivity contribution in [3.05, 3.63) is 53.6 Å². The average molecular weight is 323 g/mol. The van der Waals surface area contributed by atoms with Crippen LogP contribution in [0.15, 0.2) is 42.5 Å². The van der Waals surface area contributed by atoms with Crippen LogP contribution in [0.3, 0.4) is 0 Å². The van der Waals surface area contributed by atoms with Gasteiger partial charge in [0.15, 0.2) is 0 Å². The van der Waals surface area contributed by atoms with Gasteiger partial charge in [-0.25, -0.2) is 0 Å². The first-order valence-electron chi connectivity index (χ1n) is 8.59. The first kappa shape index (κ1) is 16.4. The van der Waals surface area contributed by atoms with Crippen molar-refractivity contribution in [1.29, 1.82) is 0 Å². The van der Waals surface area contributed by atoms with Gasteiger partial charge < -0.3 is 16.0 Å². The Bertz CT molecular complexity index is 724. The molecule has 0 saturated carbocycles. The number of amides is 1. The first-order valence-corrected chi connectivity index (χ1v) is 8.59. The van der Waals surface area contributed by atoms with Crippen LogP contribution in [0.25, 0.3) is 0 Å². The van der Waals surface area contributed by atoms with E-state index in [1.54, 1.807) is 0 Å². The zero-order valence-corrected chi connectivity index (χ0v) is 14.4. The summed E-state index contributed by atoms with van der Waals surface area (Å²) in [6, 6.07) is 13.8. The van der Waals surface area contributed by atoms with Crippen LogP contribution < -0.4 is 16.0 Å². The van der Waals surface area contributed by atoms with Gasteiger partial charge in [-0.2, -0.15) is 0 Å². The van der Waals surface area contributed by atoms with Gasteiger partial charge in [-0.15, -0.1) is 0 Å². The molecule has 1 heterocycles. The maximum absolute atomic E-state index is 12.3. The average Bonchev–Trinajstić information content (AvgIpc) is 2.56. The number of hydrogen-bond acceptors (Lipinski definition) is 3. The van der Waals surface area contributed by atoms with Crippen LogP contribution >= 0.6 is 0 Å². The molecule has 1 amide bonds. The minimum Gasteiger partial charge on any atom is -0.397 e. The second kappa shape index (κ2) is 6.95. The quantitative estimate of drug-likeness (QED) is 0.832. The number of nitrogens with two attached hydrogens (primary N) is 1. The maximum Gasteiger partial charge on any atom is 0.255 e. The fourth-order valence-electron chi connectivity index (χ4n) is 3.26. The summed E-state index contributed by atoms with van der Waals surface area (Å²) < 4.78 is 0. The maximum atomic E-state index is 12.3. The van der Waals surface area contributed by atoms with Crippen LogP contribution in [0, 0.1) is 6.92 Å². The molecule has 1 aliphatic rings. The van der Waals surface area contributed by atoms with Crippen LogP contribution in [0.5, 0.6) is 0 Å². The van der Waals surface area contributed by atoms with Crippen molar-refractivity contribution in [2.45, 2.75) is 39.2 Å². The van der Waals surface area contributed by atoms with E-state index >= 15 is 0 Å². The summed E-state index contributed by atoms with van der Waals surface area (Å²) >= 11 is 0. The molecular weight excluding hydrogens is 298 g/mol. The van der Waals surface area contributed by atoms with Crippen molar-refractivity contribution in [3.63, 3.8) is 0 Å². The molecule has 0 bridgehead atoms. The van der Waals surface area contributed by atoms with E-state index in [2.05, 4.69) is 17.1 Å². The fourth-order valence-corrected chi connectivity index (χ4v) is 3.26. The summed E-state index contributed by atoms with van der Waals surface area (Å²) in [5.41, 5.74) is 10.5. The normalized spacial score (nSPS) is 17.6. The Labute approximate surface area is 143 Å². The number of carbonyl (C=O) groups excluding carboxylic acids is 1. The van der Waals surface area contributed by atoms with Gasteiger partial charge >= 0.3 is 0 Å². The van der Waals surface area contributed by atoms with Crippen molar-refractivity contribution < 1.29 is 4.79 Å².